The van der Waals surface area contributed by atoms with Crippen molar-refractivity contribution in [2.45, 2.75) is 71.6 Å². The number of nitrogens with one attached hydrogen (secondary N) is 1. The molecule has 1 atom stereocenters. The van der Waals surface area contributed by atoms with Crippen LogP contribution in [0.4, 0.5) is 4.39 Å². The van der Waals surface area contributed by atoms with Crippen molar-refractivity contribution in [1.82, 2.24) is 4.98 Å². The summed E-state index contributed by atoms with van der Waals surface area (Å²) in [7, 11) is 0. The van der Waals surface area contributed by atoms with Gasteiger partial charge in [-0.05, 0) is 19.8 Å². The predicted octanol–water partition coefficient (Wildman–Crippen LogP) is 5.10. The fourth-order valence-corrected chi connectivity index (χ4v) is 2.64. The summed E-state index contributed by atoms with van der Waals surface area (Å²) in [5, 5.41) is 0. The smallest absolute Gasteiger partial charge is 0.147 e. The summed E-state index contributed by atoms with van der Waals surface area (Å²) in [4.78, 5) is 3.15. The number of halogens is 1. The molecule has 0 spiro atoms. The largest absolute Gasteiger partial charge is 0.362 e. The van der Waals surface area contributed by atoms with Gasteiger partial charge in [0.05, 0.1) is 5.69 Å². The normalized spacial score (nSPS) is 14.9. The third kappa shape index (κ3) is 3.34. The van der Waals surface area contributed by atoms with Gasteiger partial charge < -0.3 is 4.98 Å². The molecule has 1 aromatic heterocycles. The van der Waals surface area contributed by atoms with Gasteiger partial charge in [-0.1, -0.05) is 46.5 Å². The summed E-state index contributed by atoms with van der Waals surface area (Å²) in [6, 6.07) is 0. The highest BCUT2D eigenvalue weighted by Gasteiger charge is 2.30. The fourth-order valence-electron chi connectivity index (χ4n) is 2.64. The Bertz CT molecular complexity index is 343. The lowest BCUT2D eigenvalue weighted by Crippen LogP contribution is -2.23. The number of H-pyrrole nitrogens is 1. The van der Waals surface area contributed by atoms with E-state index < -0.39 is 0 Å². The lowest BCUT2D eigenvalue weighted by atomic mass is 9.77. The molecule has 98 valence electrons. The van der Waals surface area contributed by atoms with E-state index in [2.05, 4.69) is 25.8 Å². The van der Waals surface area contributed by atoms with Gasteiger partial charge in [0.2, 0.25) is 0 Å². The zero-order chi connectivity index (χ0) is 12.9. The van der Waals surface area contributed by atoms with E-state index in [0.29, 0.717) is 0 Å². The molecule has 0 bridgehead atoms. The molecular formula is C15H26FN. The molecule has 1 unspecified atom stereocenters. The van der Waals surface area contributed by atoms with Gasteiger partial charge in [0.25, 0.3) is 0 Å². The first-order valence-electron chi connectivity index (χ1n) is 6.89. The van der Waals surface area contributed by atoms with Gasteiger partial charge in [-0.25, -0.2) is 4.39 Å². The number of aromatic amines is 1. The highest BCUT2D eigenvalue weighted by molar-refractivity contribution is 5.25. The second kappa shape index (κ2) is 6.23. The van der Waals surface area contributed by atoms with Crippen LogP contribution in [-0.2, 0) is 5.41 Å². The summed E-state index contributed by atoms with van der Waals surface area (Å²) >= 11 is 0. The summed E-state index contributed by atoms with van der Waals surface area (Å²) in [6.45, 7) is 8.40. The molecule has 0 saturated carbocycles. The maximum Gasteiger partial charge on any atom is 0.147 e. The lowest BCUT2D eigenvalue weighted by Gasteiger charge is -2.28. The molecule has 1 nitrogen and oxygen atoms in total. The molecule has 0 aliphatic heterocycles. The van der Waals surface area contributed by atoms with Crippen molar-refractivity contribution in [3.8, 4) is 0 Å². The van der Waals surface area contributed by atoms with Crippen LogP contribution in [0.1, 0.15) is 70.6 Å². The van der Waals surface area contributed by atoms with Crippen LogP contribution in [0.2, 0.25) is 0 Å². The van der Waals surface area contributed by atoms with Crippen molar-refractivity contribution in [1.29, 1.82) is 0 Å². The van der Waals surface area contributed by atoms with Gasteiger partial charge in [-0.2, -0.15) is 0 Å². The molecule has 1 aromatic rings. The number of unbranched alkanes of at least 4 members (excludes halogenated alkanes) is 2. The Balaban J connectivity index is 2.86. The summed E-state index contributed by atoms with van der Waals surface area (Å²) in [5.41, 5.74) is 1.52. The average Bonchev–Trinajstić information content (AvgIpc) is 2.61. The van der Waals surface area contributed by atoms with Crippen LogP contribution in [0.15, 0.2) is 6.20 Å². The number of rotatable bonds is 7. The minimum absolute atomic E-state index is 0.0255. The Labute approximate surface area is 105 Å². The van der Waals surface area contributed by atoms with Crippen LogP contribution in [-0.4, -0.2) is 4.98 Å². The van der Waals surface area contributed by atoms with Crippen molar-refractivity contribution < 1.29 is 4.39 Å². The van der Waals surface area contributed by atoms with Gasteiger partial charge in [-0.15, -0.1) is 0 Å². The van der Waals surface area contributed by atoms with Crippen LogP contribution in [0, 0.1) is 12.7 Å². The quantitative estimate of drug-likeness (QED) is 0.637. The number of aromatic nitrogens is 1. The Morgan fingerprint density at radius 2 is 1.88 bits per heavy atom. The molecule has 0 radical (unpaired) electrons. The van der Waals surface area contributed by atoms with Crippen LogP contribution in [0.3, 0.4) is 0 Å². The van der Waals surface area contributed by atoms with Crippen molar-refractivity contribution >= 4 is 0 Å². The van der Waals surface area contributed by atoms with Gasteiger partial charge in [0.1, 0.15) is 5.82 Å². The number of hydrogen-bond donors (Lipinski definition) is 1. The second-order valence-corrected chi connectivity index (χ2v) is 5.43. The van der Waals surface area contributed by atoms with E-state index in [9.17, 15) is 4.39 Å². The molecule has 17 heavy (non-hydrogen) atoms. The molecule has 0 saturated heterocycles. The fraction of sp³-hybridized carbons (Fsp3) is 0.733. The molecule has 0 aliphatic carbocycles. The molecule has 2 heteroatoms. The Hall–Kier alpha value is -0.790. The van der Waals surface area contributed by atoms with Crippen molar-refractivity contribution in [3.05, 3.63) is 23.3 Å². The monoisotopic (exact) mass is 239 g/mol. The van der Waals surface area contributed by atoms with Gasteiger partial charge >= 0.3 is 0 Å². The molecule has 1 rings (SSSR count). The van der Waals surface area contributed by atoms with Crippen molar-refractivity contribution in [2.75, 3.05) is 0 Å². The third-order valence-electron chi connectivity index (χ3n) is 3.74. The Morgan fingerprint density at radius 1 is 1.18 bits per heavy atom. The summed E-state index contributed by atoms with van der Waals surface area (Å²) < 4.78 is 14.1. The maximum atomic E-state index is 14.1. The Kier molecular flexibility index (Phi) is 5.23. The average molecular weight is 239 g/mol. The standard InChI is InChI=1S/C15H26FN/c1-5-7-8-10-15(4,9-6-2)14-13(16)12(3)11-17-14/h11,17H,5-10H2,1-4H3. The summed E-state index contributed by atoms with van der Waals surface area (Å²) in [6.07, 6.45) is 8.65. The van der Waals surface area contributed by atoms with E-state index in [1.165, 1.54) is 19.3 Å². The number of aryl methyl sites for hydroxylation is 1. The minimum Gasteiger partial charge on any atom is -0.362 e. The topological polar surface area (TPSA) is 15.8 Å². The minimum atomic E-state index is -0.0301. The highest BCUT2D eigenvalue weighted by Crippen LogP contribution is 2.35. The molecule has 0 aromatic carbocycles. The lowest BCUT2D eigenvalue weighted by molar-refractivity contribution is 0.356. The maximum absolute atomic E-state index is 14.1. The summed E-state index contributed by atoms with van der Waals surface area (Å²) in [5.74, 6) is -0.0301. The van der Waals surface area contributed by atoms with E-state index in [4.69, 9.17) is 0 Å². The SMILES string of the molecule is CCCCCC(C)(CCC)c1[nH]cc(C)c1F. The van der Waals surface area contributed by atoms with E-state index in [-0.39, 0.29) is 11.2 Å². The van der Waals surface area contributed by atoms with Crippen LogP contribution < -0.4 is 0 Å². The first-order chi connectivity index (χ1) is 8.05. The predicted molar refractivity (Wildman–Crippen MR) is 71.9 cm³/mol. The van der Waals surface area contributed by atoms with Crippen LogP contribution in [0.25, 0.3) is 0 Å². The molecule has 1 heterocycles. The van der Waals surface area contributed by atoms with E-state index in [1.54, 1.807) is 6.20 Å². The Morgan fingerprint density at radius 3 is 2.35 bits per heavy atom. The molecule has 1 N–H and O–H groups in total. The van der Waals surface area contributed by atoms with Gasteiger partial charge in [0, 0.05) is 17.2 Å². The zero-order valence-electron chi connectivity index (χ0n) is 11.7. The molecule has 0 fully saturated rings. The van der Waals surface area contributed by atoms with Gasteiger partial charge in [-0.3, -0.25) is 0 Å². The van der Waals surface area contributed by atoms with E-state index in [0.717, 1.165) is 30.5 Å². The van der Waals surface area contributed by atoms with E-state index >= 15 is 0 Å². The number of hydrogen-bond acceptors (Lipinski definition) is 0. The van der Waals surface area contributed by atoms with E-state index in [1.807, 2.05) is 6.92 Å². The first-order valence-corrected chi connectivity index (χ1v) is 6.89. The van der Waals surface area contributed by atoms with Crippen LogP contribution >= 0.6 is 0 Å². The third-order valence-corrected chi connectivity index (χ3v) is 3.74. The van der Waals surface area contributed by atoms with Gasteiger partial charge in [0.15, 0.2) is 0 Å². The molecule has 0 amide bonds. The highest BCUT2D eigenvalue weighted by atomic mass is 19.1. The van der Waals surface area contributed by atoms with Crippen LogP contribution in [0.5, 0.6) is 0 Å². The molecule has 0 aliphatic rings. The van der Waals surface area contributed by atoms with Crippen molar-refractivity contribution in [2.24, 2.45) is 0 Å². The van der Waals surface area contributed by atoms with Crippen molar-refractivity contribution in [3.63, 3.8) is 0 Å². The first kappa shape index (κ1) is 14.3. The second-order valence-electron chi connectivity index (χ2n) is 5.43. The molecular weight excluding hydrogens is 213 g/mol. The zero-order valence-corrected chi connectivity index (χ0v) is 11.7.